The van der Waals surface area contributed by atoms with E-state index in [4.69, 9.17) is 0 Å². The first-order valence-corrected chi connectivity index (χ1v) is 7.29. The summed E-state index contributed by atoms with van der Waals surface area (Å²) in [5.41, 5.74) is 5.12. The molecule has 1 aromatic carbocycles. The topological polar surface area (TPSA) is 32.3 Å². The number of carbonyl (C=O) groups is 1. The summed E-state index contributed by atoms with van der Waals surface area (Å²) >= 11 is 0. The summed E-state index contributed by atoms with van der Waals surface area (Å²) in [5.74, 6) is 0.489. The molecule has 110 valence electrons. The first-order chi connectivity index (χ1) is 9.16. The molecule has 0 aliphatic carbocycles. The Morgan fingerprint density at radius 3 is 2.85 bits per heavy atom. The highest BCUT2D eigenvalue weighted by Gasteiger charge is 2.30. The molecule has 1 fully saturated rings. The van der Waals surface area contributed by atoms with Crippen LogP contribution in [0.25, 0.3) is 0 Å². The van der Waals surface area contributed by atoms with Crippen LogP contribution in [0.2, 0.25) is 0 Å². The van der Waals surface area contributed by atoms with Crippen molar-refractivity contribution in [1.29, 1.82) is 0 Å². The van der Waals surface area contributed by atoms with Gasteiger partial charge in [0.15, 0.2) is 0 Å². The molecule has 1 N–H and O–H groups in total. The fourth-order valence-corrected chi connectivity index (χ4v) is 3.39. The Bertz CT molecular complexity index is 509. The minimum Gasteiger partial charge on any atom is -0.316 e. The molecule has 0 saturated carbocycles. The number of nitrogens with zero attached hydrogens (tertiary/aromatic N) is 1. The number of carbonyl (C=O) groups excluding carboxylic acids is 1. The molecule has 1 aromatic rings. The third kappa shape index (κ3) is 2.70. The van der Waals surface area contributed by atoms with Crippen LogP contribution in [0.4, 0.5) is 5.69 Å². The van der Waals surface area contributed by atoms with Crippen LogP contribution in [0.5, 0.6) is 0 Å². The van der Waals surface area contributed by atoms with E-state index in [-0.39, 0.29) is 18.3 Å². The van der Waals surface area contributed by atoms with Crippen molar-refractivity contribution in [2.45, 2.75) is 33.1 Å². The second kappa shape index (κ2) is 6.15. The van der Waals surface area contributed by atoms with E-state index in [9.17, 15) is 4.79 Å². The Balaban J connectivity index is 0.00000147. The van der Waals surface area contributed by atoms with E-state index >= 15 is 0 Å². The highest BCUT2D eigenvalue weighted by Crippen LogP contribution is 2.32. The van der Waals surface area contributed by atoms with Crippen molar-refractivity contribution in [2.75, 3.05) is 24.5 Å². The number of aryl methyl sites for hydroxylation is 2. The lowest BCUT2D eigenvalue weighted by atomic mass is 9.94. The van der Waals surface area contributed by atoms with Gasteiger partial charge in [-0.1, -0.05) is 6.07 Å². The molecular formula is C16H23ClN2O. The molecule has 3 rings (SSSR count). The molecule has 2 aliphatic heterocycles. The number of fused-ring (bicyclic) bond motifs is 1. The number of nitrogens with one attached hydrogen (secondary N) is 1. The Kier molecular flexibility index (Phi) is 4.71. The van der Waals surface area contributed by atoms with Crippen LogP contribution in [0, 0.1) is 19.8 Å². The third-order valence-electron chi connectivity index (χ3n) is 4.37. The SMILES string of the molecule is Cc1cc(C)c2c(c1)N(C(=O)C1CCNC1)CCC2.Cl. The minimum atomic E-state index is 0. The van der Waals surface area contributed by atoms with Crippen LogP contribution < -0.4 is 10.2 Å². The van der Waals surface area contributed by atoms with Crippen LogP contribution in [-0.2, 0) is 11.2 Å². The maximum absolute atomic E-state index is 12.7. The first-order valence-electron chi connectivity index (χ1n) is 7.29. The van der Waals surface area contributed by atoms with Crippen LogP contribution in [-0.4, -0.2) is 25.5 Å². The molecule has 1 unspecified atom stereocenters. The molecule has 4 heteroatoms. The van der Waals surface area contributed by atoms with Crippen LogP contribution in [0.1, 0.15) is 29.5 Å². The average Bonchev–Trinajstić information content (AvgIpc) is 2.91. The van der Waals surface area contributed by atoms with Gasteiger partial charge in [0.25, 0.3) is 0 Å². The smallest absolute Gasteiger partial charge is 0.231 e. The van der Waals surface area contributed by atoms with E-state index in [0.717, 1.165) is 38.9 Å². The predicted octanol–water partition coefficient (Wildman–Crippen LogP) is 2.61. The van der Waals surface area contributed by atoms with E-state index in [2.05, 4.69) is 31.3 Å². The van der Waals surface area contributed by atoms with Crippen molar-refractivity contribution >= 4 is 24.0 Å². The molecule has 3 nitrogen and oxygen atoms in total. The maximum Gasteiger partial charge on any atom is 0.231 e. The average molecular weight is 295 g/mol. The third-order valence-corrected chi connectivity index (χ3v) is 4.37. The van der Waals surface area contributed by atoms with Crippen molar-refractivity contribution in [3.05, 3.63) is 28.8 Å². The molecule has 1 saturated heterocycles. The fraction of sp³-hybridized carbons (Fsp3) is 0.562. The van der Waals surface area contributed by atoms with Crippen LogP contribution in [0.3, 0.4) is 0 Å². The van der Waals surface area contributed by atoms with Gasteiger partial charge in [0.1, 0.15) is 0 Å². The quantitative estimate of drug-likeness (QED) is 0.863. The number of hydrogen-bond acceptors (Lipinski definition) is 2. The number of halogens is 1. The van der Waals surface area contributed by atoms with Crippen molar-refractivity contribution in [3.8, 4) is 0 Å². The van der Waals surface area contributed by atoms with Crippen molar-refractivity contribution < 1.29 is 4.79 Å². The summed E-state index contributed by atoms with van der Waals surface area (Å²) in [4.78, 5) is 14.7. The Morgan fingerprint density at radius 1 is 1.35 bits per heavy atom. The van der Waals surface area contributed by atoms with Gasteiger partial charge in [-0.2, -0.15) is 0 Å². The normalized spacial score (nSPS) is 21.3. The lowest BCUT2D eigenvalue weighted by Crippen LogP contribution is -2.40. The van der Waals surface area contributed by atoms with E-state index < -0.39 is 0 Å². The number of anilines is 1. The maximum atomic E-state index is 12.7. The van der Waals surface area contributed by atoms with Gasteiger partial charge in [-0.05, 0) is 62.4 Å². The number of rotatable bonds is 1. The highest BCUT2D eigenvalue weighted by atomic mass is 35.5. The zero-order chi connectivity index (χ0) is 13.4. The number of amides is 1. The lowest BCUT2D eigenvalue weighted by Gasteiger charge is -2.32. The second-order valence-corrected chi connectivity index (χ2v) is 5.86. The van der Waals surface area contributed by atoms with Crippen molar-refractivity contribution in [2.24, 2.45) is 5.92 Å². The summed E-state index contributed by atoms with van der Waals surface area (Å²) in [5, 5.41) is 3.29. The zero-order valence-electron chi connectivity index (χ0n) is 12.2. The van der Waals surface area contributed by atoms with Crippen molar-refractivity contribution in [1.82, 2.24) is 5.32 Å². The van der Waals surface area contributed by atoms with Crippen LogP contribution in [0.15, 0.2) is 12.1 Å². The highest BCUT2D eigenvalue weighted by molar-refractivity contribution is 5.96. The standard InChI is InChI=1S/C16H22N2O.ClH/c1-11-8-12(2)14-4-3-7-18(15(14)9-11)16(19)13-5-6-17-10-13;/h8-9,13,17H,3-7,10H2,1-2H3;1H. The molecular weight excluding hydrogens is 272 g/mol. The summed E-state index contributed by atoms with van der Waals surface area (Å²) in [6.07, 6.45) is 3.17. The Labute approximate surface area is 127 Å². The van der Waals surface area contributed by atoms with Gasteiger partial charge in [0.2, 0.25) is 5.91 Å². The largest absolute Gasteiger partial charge is 0.316 e. The van der Waals surface area contributed by atoms with Gasteiger partial charge in [0.05, 0.1) is 5.92 Å². The van der Waals surface area contributed by atoms with Crippen LogP contribution >= 0.6 is 12.4 Å². The number of benzene rings is 1. The molecule has 0 bridgehead atoms. The molecule has 1 amide bonds. The molecule has 2 aliphatic rings. The summed E-state index contributed by atoms with van der Waals surface area (Å²) in [6.45, 7) is 6.98. The van der Waals surface area contributed by atoms with E-state index in [0.29, 0.717) is 5.91 Å². The lowest BCUT2D eigenvalue weighted by molar-refractivity contribution is -0.121. The molecule has 2 heterocycles. The van der Waals surface area contributed by atoms with Gasteiger partial charge in [-0.3, -0.25) is 4.79 Å². The minimum absolute atomic E-state index is 0. The summed E-state index contributed by atoms with van der Waals surface area (Å²) in [6, 6.07) is 4.41. The Hall–Kier alpha value is -1.06. The summed E-state index contributed by atoms with van der Waals surface area (Å²) < 4.78 is 0. The van der Waals surface area contributed by atoms with Gasteiger partial charge >= 0.3 is 0 Å². The van der Waals surface area contributed by atoms with E-state index in [1.165, 1.54) is 22.4 Å². The zero-order valence-corrected chi connectivity index (χ0v) is 13.1. The fourth-order valence-electron chi connectivity index (χ4n) is 3.39. The van der Waals surface area contributed by atoms with Gasteiger partial charge in [-0.15, -0.1) is 12.4 Å². The van der Waals surface area contributed by atoms with E-state index in [1.54, 1.807) is 0 Å². The Morgan fingerprint density at radius 2 is 2.15 bits per heavy atom. The second-order valence-electron chi connectivity index (χ2n) is 5.86. The molecule has 0 aromatic heterocycles. The van der Waals surface area contributed by atoms with Gasteiger partial charge in [0, 0.05) is 18.8 Å². The predicted molar refractivity (Wildman–Crippen MR) is 84.8 cm³/mol. The first kappa shape index (κ1) is 15.3. The van der Waals surface area contributed by atoms with Gasteiger partial charge in [-0.25, -0.2) is 0 Å². The number of hydrogen-bond donors (Lipinski definition) is 1. The van der Waals surface area contributed by atoms with Gasteiger partial charge < -0.3 is 10.2 Å². The summed E-state index contributed by atoms with van der Waals surface area (Å²) in [7, 11) is 0. The molecule has 20 heavy (non-hydrogen) atoms. The molecule has 0 radical (unpaired) electrons. The monoisotopic (exact) mass is 294 g/mol. The molecule has 0 spiro atoms. The van der Waals surface area contributed by atoms with Crippen molar-refractivity contribution in [3.63, 3.8) is 0 Å². The van der Waals surface area contributed by atoms with E-state index in [1.807, 2.05) is 4.90 Å². The molecule has 1 atom stereocenters.